The van der Waals surface area contributed by atoms with Gasteiger partial charge in [-0.05, 0) is 46.7 Å². The quantitative estimate of drug-likeness (QED) is 0.826. The van der Waals surface area contributed by atoms with Gasteiger partial charge in [0.15, 0.2) is 0 Å². The number of likely N-dealkylation sites (tertiary alicyclic amines) is 1. The number of carbonyl (C=O) groups excluding carboxylic acids is 1. The van der Waals surface area contributed by atoms with Gasteiger partial charge in [0, 0.05) is 23.8 Å². The molecule has 0 spiro atoms. The van der Waals surface area contributed by atoms with E-state index in [0.717, 1.165) is 43.9 Å². The highest BCUT2D eigenvalue weighted by atomic mass is 35.5. The predicted molar refractivity (Wildman–Crippen MR) is 88.1 cm³/mol. The highest BCUT2D eigenvalue weighted by molar-refractivity contribution is 5.85. The molecule has 7 heteroatoms. The molecule has 1 aromatic heterocycles. The zero-order valence-corrected chi connectivity index (χ0v) is 14.5. The summed E-state index contributed by atoms with van der Waals surface area (Å²) in [5.74, 6) is -0.237. The summed E-state index contributed by atoms with van der Waals surface area (Å²) >= 11 is 0. The van der Waals surface area contributed by atoms with E-state index in [0.29, 0.717) is 12.6 Å². The van der Waals surface area contributed by atoms with E-state index in [1.54, 1.807) is 4.68 Å². The number of nitrogens with two attached hydrogens (primary N) is 1. The maximum atomic E-state index is 11.6. The van der Waals surface area contributed by atoms with E-state index in [4.69, 9.17) is 10.5 Å². The van der Waals surface area contributed by atoms with Crippen LogP contribution in [0.1, 0.15) is 36.7 Å². The third-order valence-corrected chi connectivity index (χ3v) is 4.13. The molecule has 22 heavy (non-hydrogen) atoms. The fraction of sp³-hybridized carbons (Fsp3) is 0.733. The van der Waals surface area contributed by atoms with Crippen LogP contribution in [0.4, 0.5) is 0 Å². The topological polar surface area (TPSA) is 73.4 Å². The van der Waals surface area contributed by atoms with Crippen molar-refractivity contribution in [1.29, 1.82) is 0 Å². The minimum absolute atomic E-state index is 0. The van der Waals surface area contributed by atoms with E-state index in [-0.39, 0.29) is 24.9 Å². The Morgan fingerprint density at radius 1 is 1.36 bits per heavy atom. The molecule has 2 rings (SSSR count). The highest BCUT2D eigenvalue weighted by Gasteiger charge is 2.20. The smallest absolute Gasteiger partial charge is 0.327 e. The monoisotopic (exact) mass is 330 g/mol. The Kier molecular flexibility index (Phi) is 7.32. The molecule has 1 aliphatic heterocycles. The largest absolute Gasteiger partial charge is 0.465 e. The first kappa shape index (κ1) is 18.9. The van der Waals surface area contributed by atoms with E-state index < -0.39 is 0 Å². The van der Waals surface area contributed by atoms with Gasteiger partial charge < -0.3 is 10.5 Å². The summed E-state index contributed by atoms with van der Waals surface area (Å²) in [6.07, 6.45) is 2.10. The maximum absolute atomic E-state index is 11.6. The van der Waals surface area contributed by atoms with Crippen LogP contribution < -0.4 is 5.73 Å². The van der Waals surface area contributed by atoms with Crippen molar-refractivity contribution in [2.45, 2.75) is 52.7 Å². The van der Waals surface area contributed by atoms with Crippen molar-refractivity contribution in [2.75, 3.05) is 19.7 Å². The van der Waals surface area contributed by atoms with Crippen LogP contribution in [0.25, 0.3) is 0 Å². The summed E-state index contributed by atoms with van der Waals surface area (Å²) in [6.45, 7) is 9.36. The summed E-state index contributed by atoms with van der Waals surface area (Å²) in [6, 6.07) is 0.343. The van der Waals surface area contributed by atoms with Crippen LogP contribution in [0, 0.1) is 13.8 Å². The van der Waals surface area contributed by atoms with Gasteiger partial charge in [0.25, 0.3) is 0 Å². The Morgan fingerprint density at radius 2 is 2.00 bits per heavy atom. The molecule has 1 fully saturated rings. The minimum atomic E-state index is -0.237. The summed E-state index contributed by atoms with van der Waals surface area (Å²) in [5, 5.41) is 4.48. The van der Waals surface area contributed by atoms with Crippen LogP contribution in [0.5, 0.6) is 0 Å². The number of aromatic nitrogens is 2. The van der Waals surface area contributed by atoms with E-state index in [9.17, 15) is 4.79 Å². The molecule has 0 atom stereocenters. The molecule has 0 amide bonds. The van der Waals surface area contributed by atoms with Gasteiger partial charge in [0.1, 0.15) is 6.54 Å². The van der Waals surface area contributed by atoms with Gasteiger partial charge in [-0.2, -0.15) is 5.10 Å². The number of hydrogen-bond acceptors (Lipinski definition) is 5. The third-order valence-electron chi connectivity index (χ3n) is 4.13. The van der Waals surface area contributed by atoms with Crippen LogP contribution in [0.2, 0.25) is 0 Å². The lowest BCUT2D eigenvalue weighted by molar-refractivity contribution is -0.144. The molecule has 0 aromatic carbocycles. The first-order valence-corrected chi connectivity index (χ1v) is 7.67. The number of aryl methyl sites for hydroxylation is 1. The van der Waals surface area contributed by atoms with Crippen molar-refractivity contribution in [3.05, 3.63) is 17.0 Å². The van der Waals surface area contributed by atoms with Crippen LogP contribution in [0.3, 0.4) is 0 Å². The minimum Gasteiger partial charge on any atom is -0.465 e. The van der Waals surface area contributed by atoms with E-state index in [1.165, 1.54) is 5.56 Å². The lowest BCUT2D eigenvalue weighted by atomic mass is 10.0. The molecule has 6 nitrogen and oxygen atoms in total. The van der Waals surface area contributed by atoms with Crippen molar-refractivity contribution < 1.29 is 9.53 Å². The lowest BCUT2D eigenvalue weighted by Crippen LogP contribution is -2.39. The van der Waals surface area contributed by atoms with E-state index in [1.807, 2.05) is 20.8 Å². The second kappa shape index (κ2) is 8.50. The second-order valence-corrected chi connectivity index (χ2v) is 5.73. The molecule has 2 heterocycles. The first-order valence-electron chi connectivity index (χ1n) is 7.67. The summed E-state index contributed by atoms with van der Waals surface area (Å²) in [7, 11) is 0. The van der Waals surface area contributed by atoms with Crippen LogP contribution in [0.15, 0.2) is 0 Å². The van der Waals surface area contributed by atoms with Crippen molar-refractivity contribution in [2.24, 2.45) is 5.73 Å². The Balaban J connectivity index is 0.00000242. The average Bonchev–Trinajstić information content (AvgIpc) is 2.69. The average molecular weight is 331 g/mol. The molecule has 2 N–H and O–H groups in total. The molecule has 0 bridgehead atoms. The van der Waals surface area contributed by atoms with Crippen molar-refractivity contribution in [3.63, 3.8) is 0 Å². The van der Waals surface area contributed by atoms with E-state index >= 15 is 0 Å². The number of ether oxygens (including phenoxy) is 1. The van der Waals surface area contributed by atoms with Gasteiger partial charge in [-0.3, -0.25) is 14.4 Å². The van der Waals surface area contributed by atoms with Crippen LogP contribution in [-0.2, 0) is 22.6 Å². The number of rotatable bonds is 5. The third kappa shape index (κ3) is 4.69. The van der Waals surface area contributed by atoms with Gasteiger partial charge in [-0.1, -0.05) is 0 Å². The highest BCUT2D eigenvalue weighted by Crippen LogP contribution is 2.18. The molecule has 1 aliphatic rings. The van der Waals surface area contributed by atoms with Crippen LogP contribution >= 0.6 is 12.4 Å². The van der Waals surface area contributed by atoms with Gasteiger partial charge in [0.2, 0.25) is 0 Å². The summed E-state index contributed by atoms with van der Waals surface area (Å²) in [4.78, 5) is 14.0. The molecular formula is C15H27ClN4O2. The Hall–Kier alpha value is -1.11. The predicted octanol–water partition coefficient (Wildman–Crippen LogP) is 1.41. The number of hydrogen-bond donors (Lipinski definition) is 1. The summed E-state index contributed by atoms with van der Waals surface area (Å²) in [5.41, 5.74) is 9.20. The normalized spacial score (nSPS) is 16.4. The Labute approximate surface area is 138 Å². The number of piperidine rings is 1. The van der Waals surface area contributed by atoms with Gasteiger partial charge in [-0.25, -0.2) is 0 Å². The zero-order valence-electron chi connectivity index (χ0n) is 13.7. The standard InChI is InChI=1S/C15H26N4O2.ClH/c1-4-21-15(20)10-19-12(3)14(11(2)17-19)9-18-7-5-13(16)6-8-18;/h13H,4-10,16H2,1-3H3;1H. The number of nitrogens with zero attached hydrogens (tertiary/aromatic N) is 3. The molecule has 1 aromatic rings. The molecule has 0 unspecified atom stereocenters. The molecule has 0 radical (unpaired) electrons. The van der Waals surface area contributed by atoms with Gasteiger partial charge >= 0.3 is 5.97 Å². The van der Waals surface area contributed by atoms with Gasteiger partial charge in [0.05, 0.1) is 12.3 Å². The molecule has 0 aliphatic carbocycles. The van der Waals surface area contributed by atoms with Crippen molar-refractivity contribution in [3.8, 4) is 0 Å². The fourth-order valence-electron chi connectivity index (χ4n) is 2.78. The molecule has 0 saturated carbocycles. The van der Waals surface area contributed by atoms with Gasteiger partial charge in [-0.15, -0.1) is 12.4 Å². The van der Waals surface area contributed by atoms with Crippen LogP contribution in [-0.4, -0.2) is 46.4 Å². The molecule has 126 valence electrons. The molecular weight excluding hydrogens is 304 g/mol. The maximum Gasteiger partial charge on any atom is 0.327 e. The lowest BCUT2D eigenvalue weighted by Gasteiger charge is -2.30. The number of carbonyl (C=O) groups is 1. The zero-order chi connectivity index (χ0) is 15.4. The molecule has 1 saturated heterocycles. The van der Waals surface area contributed by atoms with Crippen molar-refractivity contribution >= 4 is 18.4 Å². The van der Waals surface area contributed by atoms with E-state index in [2.05, 4.69) is 10.00 Å². The fourth-order valence-corrected chi connectivity index (χ4v) is 2.78. The number of esters is 1. The second-order valence-electron chi connectivity index (χ2n) is 5.73. The Morgan fingerprint density at radius 3 is 2.59 bits per heavy atom. The van der Waals surface area contributed by atoms with Crippen molar-refractivity contribution in [1.82, 2.24) is 14.7 Å². The summed E-state index contributed by atoms with van der Waals surface area (Å²) < 4.78 is 6.74. The number of halogens is 1. The Bertz CT molecular complexity index is 496. The SMILES string of the molecule is CCOC(=O)Cn1nc(C)c(CN2CCC(N)CC2)c1C.Cl. The first-order chi connectivity index (χ1) is 10.0.